The predicted molar refractivity (Wildman–Crippen MR) is 93.9 cm³/mol. The summed E-state index contributed by atoms with van der Waals surface area (Å²) in [6.45, 7) is 3.29. The first-order chi connectivity index (χ1) is 11.2. The van der Waals surface area contributed by atoms with Crippen molar-refractivity contribution in [2.45, 2.75) is 19.4 Å². The van der Waals surface area contributed by atoms with Crippen molar-refractivity contribution in [2.24, 2.45) is 0 Å². The minimum Gasteiger partial charge on any atom is -0.481 e. The number of nitrogens with zero attached hydrogens (tertiary/aromatic N) is 1. The van der Waals surface area contributed by atoms with Gasteiger partial charge in [-0.2, -0.15) is 0 Å². The highest BCUT2D eigenvalue weighted by Gasteiger charge is 2.13. The van der Waals surface area contributed by atoms with Crippen LogP contribution in [0.15, 0.2) is 60.7 Å². The molecular weight excluding hydrogens is 288 g/mol. The van der Waals surface area contributed by atoms with Gasteiger partial charge in [-0.05, 0) is 37.6 Å². The SMILES string of the molecule is C[C@H](Oc1ccccc1)C(=O)NCCCN(C)c1ccccc1. The van der Waals surface area contributed by atoms with Crippen LogP contribution in [0.3, 0.4) is 0 Å². The van der Waals surface area contributed by atoms with Crippen molar-refractivity contribution in [2.75, 3.05) is 25.0 Å². The van der Waals surface area contributed by atoms with Crippen LogP contribution in [-0.4, -0.2) is 32.1 Å². The lowest BCUT2D eigenvalue weighted by Gasteiger charge is -2.19. The number of carbonyl (C=O) groups excluding carboxylic acids is 1. The second kappa shape index (κ2) is 8.83. The van der Waals surface area contributed by atoms with Crippen molar-refractivity contribution in [1.29, 1.82) is 0 Å². The molecule has 1 atom stereocenters. The third-order valence-corrected chi connectivity index (χ3v) is 3.59. The van der Waals surface area contributed by atoms with Crippen LogP contribution in [0, 0.1) is 0 Å². The third kappa shape index (κ3) is 5.66. The Morgan fingerprint density at radius 1 is 1.09 bits per heavy atom. The Balaban J connectivity index is 1.66. The number of anilines is 1. The lowest BCUT2D eigenvalue weighted by molar-refractivity contribution is -0.127. The Hall–Kier alpha value is -2.49. The highest BCUT2D eigenvalue weighted by Crippen LogP contribution is 2.11. The van der Waals surface area contributed by atoms with Gasteiger partial charge in [0.25, 0.3) is 5.91 Å². The number of para-hydroxylation sites is 2. The van der Waals surface area contributed by atoms with Crippen LogP contribution in [0.4, 0.5) is 5.69 Å². The van der Waals surface area contributed by atoms with Gasteiger partial charge in [0.2, 0.25) is 0 Å². The maximum Gasteiger partial charge on any atom is 0.260 e. The summed E-state index contributed by atoms with van der Waals surface area (Å²) in [6.07, 6.45) is 0.388. The van der Waals surface area contributed by atoms with E-state index < -0.39 is 6.10 Å². The molecule has 0 saturated carbocycles. The number of carbonyl (C=O) groups is 1. The fraction of sp³-hybridized carbons (Fsp3) is 0.316. The number of amides is 1. The van der Waals surface area contributed by atoms with Gasteiger partial charge in [-0.25, -0.2) is 0 Å². The Morgan fingerprint density at radius 2 is 1.70 bits per heavy atom. The molecule has 23 heavy (non-hydrogen) atoms. The highest BCUT2D eigenvalue weighted by molar-refractivity contribution is 5.80. The summed E-state index contributed by atoms with van der Waals surface area (Å²) in [6, 6.07) is 19.6. The highest BCUT2D eigenvalue weighted by atomic mass is 16.5. The number of hydrogen-bond donors (Lipinski definition) is 1. The first-order valence-corrected chi connectivity index (χ1v) is 7.92. The Labute approximate surface area is 138 Å². The maximum atomic E-state index is 12.0. The molecule has 0 spiro atoms. The molecule has 0 heterocycles. The van der Waals surface area contributed by atoms with Gasteiger partial charge in [-0.3, -0.25) is 4.79 Å². The van der Waals surface area contributed by atoms with E-state index in [2.05, 4.69) is 29.4 Å². The molecule has 0 unspecified atom stereocenters. The zero-order chi connectivity index (χ0) is 16.5. The Kier molecular flexibility index (Phi) is 6.48. The predicted octanol–water partition coefficient (Wildman–Crippen LogP) is 3.10. The van der Waals surface area contributed by atoms with E-state index >= 15 is 0 Å². The second-order valence-electron chi connectivity index (χ2n) is 5.47. The molecule has 1 amide bonds. The number of ether oxygens (including phenoxy) is 1. The standard InChI is InChI=1S/C19H24N2O2/c1-16(23-18-12-7-4-8-13-18)19(22)20-14-9-15-21(2)17-10-5-3-6-11-17/h3-8,10-13,16H,9,14-15H2,1-2H3,(H,20,22)/t16-/m0/s1. The summed E-state index contributed by atoms with van der Waals surface area (Å²) in [5.74, 6) is 0.621. The molecule has 4 heteroatoms. The lowest BCUT2D eigenvalue weighted by Crippen LogP contribution is -2.37. The van der Waals surface area contributed by atoms with Crippen molar-refractivity contribution in [3.8, 4) is 5.75 Å². The van der Waals surface area contributed by atoms with Gasteiger partial charge in [0.15, 0.2) is 6.10 Å². The maximum absolute atomic E-state index is 12.0. The number of rotatable bonds is 8. The molecule has 2 aromatic rings. The van der Waals surface area contributed by atoms with Crippen LogP contribution in [0.25, 0.3) is 0 Å². The monoisotopic (exact) mass is 312 g/mol. The molecule has 0 aliphatic rings. The second-order valence-corrected chi connectivity index (χ2v) is 5.47. The molecule has 122 valence electrons. The van der Waals surface area contributed by atoms with E-state index in [1.54, 1.807) is 6.92 Å². The van der Waals surface area contributed by atoms with Crippen molar-refractivity contribution >= 4 is 11.6 Å². The van der Waals surface area contributed by atoms with Crippen molar-refractivity contribution in [1.82, 2.24) is 5.32 Å². The van der Waals surface area contributed by atoms with Crippen molar-refractivity contribution < 1.29 is 9.53 Å². The summed E-state index contributed by atoms with van der Waals surface area (Å²) in [7, 11) is 2.05. The van der Waals surface area contributed by atoms with Gasteiger partial charge in [-0.15, -0.1) is 0 Å². The normalized spacial score (nSPS) is 11.6. The smallest absolute Gasteiger partial charge is 0.260 e. The number of benzene rings is 2. The van der Waals surface area contributed by atoms with E-state index in [9.17, 15) is 4.79 Å². The number of nitrogens with one attached hydrogen (secondary N) is 1. The van der Waals surface area contributed by atoms with Crippen LogP contribution in [-0.2, 0) is 4.79 Å². The van der Waals surface area contributed by atoms with E-state index in [4.69, 9.17) is 4.74 Å². The van der Waals surface area contributed by atoms with Crippen LogP contribution >= 0.6 is 0 Å². The van der Waals surface area contributed by atoms with Gasteiger partial charge in [0.05, 0.1) is 0 Å². The molecule has 0 fully saturated rings. The molecule has 0 aliphatic heterocycles. The zero-order valence-corrected chi connectivity index (χ0v) is 13.7. The average Bonchev–Trinajstić information content (AvgIpc) is 2.60. The van der Waals surface area contributed by atoms with Crippen molar-refractivity contribution in [3.63, 3.8) is 0 Å². The fourth-order valence-electron chi connectivity index (χ4n) is 2.24. The summed E-state index contributed by atoms with van der Waals surface area (Å²) in [5, 5.41) is 2.92. The van der Waals surface area contributed by atoms with Gasteiger partial charge in [-0.1, -0.05) is 36.4 Å². The lowest BCUT2D eigenvalue weighted by atomic mass is 10.3. The van der Waals surface area contributed by atoms with E-state index in [1.807, 2.05) is 48.5 Å². The average molecular weight is 312 g/mol. The summed E-state index contributed by atoms with van der Waals surface area (Å²) < 4.78 is 5.60. The molecule has 0 bridgehead atoms. The molecular formula is C19H24N2O2. The molecule has 2 rings (SSSR count). The van der Waals surface area contributed by atoms with Gasteiger partial charge in [0, 0.05) is 25.8 Å². The molecule has 0 aliphatic carbocycles. The molecule has 0 radical (unpaired) electrons. The van der Waals surface area contributed by atoms with E-state index in [0.29, 0.717) is 12.3 Å². The minimum absolute atomic E-state index is 0.0868. The minimum atomic E-state index is -0.496. The Bertz CT molecular complexity index is 587. The zero-order valence-electron chi connectivity index (χ0n) is 13.7. The molecule has 0 aromatic heterocycles. The largest absolute Gasteiger partial charge is 0.481 e. The van der Waals surface area contributed by atoms with Crippen LogP contribution in [0.2, 0.25) is 0 Å². The first-order valence-electron chi connectivity index (χ1n) is 7.92. The summed E-state index contributed by atoms with van der Waals surface area (Å²) >= 11 is 0. The van der Waals surface area contributed by atoms with Gasteiger partial charge in [0.1, 0.15) is 5.75 Å². The van der Waals surface area contributed by atoms with Crippen LogP contribution in [0.5, 0.6) is 5.75 Å². The molecule has 1 N–H and O–H groups in total. The summed E-state index contributed by atoms with van der Waals surface area (Å²) in [5.41, 5.74) is 1.18. The third-order valence-electron chi connectivity index (χ3n) is 3.59. The van der Waals surface area contributed by atoms with Crippen molar-refractivity contribution in [3.05, 3.63) is 60.7 Å². The van der Waals surface area contributed by atoms with E-state index in [1.165, 1.54) is 5.69 Å². The van der Waals surface area contributed by atoms with E-state index in [0.717, 1.165) is 13.0 Å². The first kappa shape index (κ1) is 16.9. The topological polar surface area (TPSA) is 41.6 Å². The Morgan fingerprint density at radius 3 is 2.35 bits per heavy atom. The fourth-order valence-corrected chi connectivity index (χ4v) is 2.24. The quantitative estimate of drug-likeness (QED) is 0.762. The van der Waals surface area contributed by atoms with Crippen LogP contribution < -0.4 is 15.0 Å². The summed E-state index contributed by atoms with van der Waals surface area (Å²) in [4.78, 5) is 14.2. The molecule has 0 saturated heterocycles. The van der Waals surface area contributed by atoms with Gasteiger partial charge >= 0.3 is 0 Å². The van der Waals surface area contributed by atoms with E-state index in [-0.39, 0.29) is 5.91 Å². The molecule has 2 aromatic carbocycles. The number of hydrogen-bond acceptors (Lipinski definition) is 3. The van der Waals surface area contributed by atoms with Crippen LogP contribution in [0.1, 0.15) is 13.3 Å². The molecule has 4 nitrogen and oxygen atoms in total. The van der Waals surface area contributed by atoms with Gasteiger partial charge < -0.3 is 15.0 Å².